The van der Waals surface area contributed by atoms with E-state index in [0.717, 1.165) is 10.9 Å². The summed E-state index contributed by atoms with van der Waals surface area (Å²) in [7, 11) is -0.941. The van der Waals surface area contributed by atoms with Gasteiger partial charge in [0, 0.05) is 12.8 Å². The van der Waals surface area contributed by atoms with Gasteiger partial charge in [0.1, 0.15) is 0 Å². The lowest BCUT2D eigenvalue weighted by Gasteiger charge is -2.20. The van der Waals surface area contributed by atoms with Gasteiger partial charge in [-0.2, -0.15) is 0 Å². The predicted octanol–water partition coefficient (Wildman–Crippen LogP) is 2.00. The van der Waals surface area contributed by atoms with Crippen LogP contribution in [0.15, 0.2) is 23.2 Å². The van der Waals surface area contributed by atoms with Crippen molar-refractivity contribution in [1.29, 1.82) is 0 Å². The summed E-state index contributed by atoms with van der Waals surface area (Å²) < 4.78 is 23.3. The van der Waals surface area contributed by atoms with E-state index < -0.39 is 9.84 Å². The zero-order valence-corrected chi connectivity index (χ0v) is 14.2. The zero-order valence-electron chi connectivity index (χ0n) is 12.5. The lowest BCUT2D eigenvalue weighted by atomic mass is 10.1. The van der Waals surface area contributed by atoms with Crippen molar-refractivity contribution in [3.8, 4) is 0 Å². The molecule has 0 unspecified atom stereocenters. The molecule has 0 aliphatic carbocycles. The van der Waals surface area contributed by atoms with Crippen LogP contribution in [0.1, 0.15) is 16.7 Å². The molecular formula is C15H20N2O2S2. The van der Waals surface area contributed by atoms with Crippen molar-refractivity contribution in [2.45, 2.75) is 31.7 Å². The predicted molar refractivity (Wildman–Crippen MR) is 88.6 cm³/mol. The molecule has 1 aromatic carbocycles. The van der Waals surface area contributed by atoms with Gasteiger partial charge < -0.3 is 4.90 Å². The van der Waals surface area contributed by atoms with Gasteiger partial charge in [-0.05, 0) is 30.5 Å². The van der Waals surface area contributed by atoms with Crippen LogP contribution >= 0.6 is 11.8 Å². The van der Waals surface area contributed by atoms with E-state index in [4.69, 9.17) is 0 Å². The Kier molecular flexibility index (Phi) is 3.78. The Morgan fingerprint density at radius 1 is 1.29 bits per heavy atom. The molecule has 1 saturated heterocycles. The second-order valence-corrected chi connectivity index (χ2v) is 9.04. The number of rotatable bonds is 2. The number of benzene rings is 1. The van der Waals surface area contributed by atoms with Crippen LogP contribution in [-0.2, 0) is 15.6 Å². The molecule has 0 saturated carbocycles. The van der Waals surface area contributed by atoms with Crippen molar-refractivity contribution in [3.05, 3.63) is 34.9 Å². The summed E-state index contributed by atoms with van der Waals surface area (Å²) in [6, 6.07) is 6.48. The number of sulfone groups is 1. The zero-order chi connectivity index (χ0) is 15.2. The van der Waals surface area contributed by atoms with E-state index in [9.17, 15) is 8.42 Å². The molecule has 0 radical (unpaired) electrons. The van der Waals surface area contributed by atoms with Crippen molar-refractivity contribution in [2.75, 3.05) is 18.6 Å². The van der Waals surface area contributed by atoms with Crippen LogP contribution in [0.2, 0.25) is 0 Å². The highest BCUT2D eigenvalue weighted by molar-refractivity contribution is 8.13. The van der Waals surface area contributed by atoms with Gasteiger partial charge in [-0.25, -0.2) is 8.42 Å². The van der Waals surface area contributed by atoms with Crippen LogP contribution in [0.25, 0.3) is 0 Å². The average molecular weight is 324 g/mol. The highest BCUT2D eigenvalue weighted by atomic mass is 32.2. The molecule has 21 heavy (non-hydrogen) atoms. The molecule has 0 amide bonds. The minimum absolute atomic E-state index is 0.0391. The number of aryl methyl sites for hydroxylation is 2. The van der Waals surface area contributed by atoms with Crippen LogP contribution in [0, 0.1) is 13.8 Å². The maximum Gasteiger partial charge on any atom is 0.159 e. The number of likely N-dealkylation sites (N-methyl/N-ethyl adjacent to an activating group) is 1. The van der Waals surface area contributed by atoms with Crippen molar-refractivity contribution in [2.24, 2.45) is 4.99 Å². The van der Waals surface area contributed by atoms with Gasteiger partial charge in [-0.15, -0.1) is 0 Å². The molecule has 2 heterocycles. The Hall–Kier alpha value is -1.01. The van der Waals surface area contributed by atoms with Gasteiger partial charge in [0.05, 0.1) is 23.6 Å². The molecular weight excluding hydrogens is 304 g/mol. The van der Waals surface area contributed by atoms with Crippen LogP contribution in [-0.4, -0.2) is 49.1 Å². The second-order valence-electron chi connectivity index (χ2n) is 5.94. The number of hydrogen-bond donors (Lipinski definition) is 0. The normalized spacial score (nSPS) is 26.8. The van der Waals surface area contributed by atoms with E-state index >= 15 is 0 Å². The fraction of sp³-hybridized carbons (Fsp3) is 0.533. The Labute approximate surface area is 130 Å². The van der Waals surface area contributed by atoms with Crippen LogP contribution < -0.4 is 0 Å². The third-order valence-electron chi connectivity index (χ3n) is 4.31. The lowest BCUT2D eigenvalue weighted by Crippen LogP contribution is -2.35. The summed E-state index contributed by atoms with van der Waals surface area (Å²) >= 11 is 1.70. The molecule has 1 aromatic rings. The summed E-state index contributed by atoms with van der Waals surface area (Å²) in [4.78, 5) is 6.65. The quantitative estimate of drug-likeness (QED) is 0.835. The first-order chi connectivity index (χ1) is 9.85. The molecule has 114 valence electrons. The third-order valence-corrected chi connectivity index (χ3v) is 7.14. The maximum atomic E-state index is 11.6. The molecule has 2 aliphatic heterocycles. The van der Waals surface area contributed by atoms with Crippen molar-refractivity contribution >= 4 is 26.8 Å². The Balaban J connectivity index is 1.68. The highest BCUT2D eigenvalue weighted by Gasteiger charge is 2.44. The molecule has 0 bridgehead atoms. The molecule has 4 nitrogen and oxygen atoms in total. The van der Waals surface area contributed by atoms with Gasteiger partial charge >= 0.3 is 0 Å². The number of aliphatic imine (C=N–C) groups is 1. The Morgan fingerprint density at radius 3 is 2.71 bits per heavy atom. The number of amidine groups is 1. The SMILES string of the molecule is Cc1ccc(CSC2=N[C@@H]3CS(=O)(=O)C[C@@H]3N2C)cc1C. The Bertz CT molecular complexity index is 698. The number of fused-ring (bicyclic) bond motifs is 1. The van der Waals surface area contributed by atoms with E-state index in [1.54, 1.807) is 11.8 Å². The second kappa shape index (κ2) is 5.32. The summed E-state index contributed by atoms with van der Waals surface area (Å²) in [6.45, 7) is 4.24. The van der Waals surface area contributed by atoms with Gasteiger partial charge in [0.2, 0.25) is 0 Å². The smallest absolute Gasteiger partial charge is 0.159 e. The maximum absolute atomic E-state index is 11.6. The Morgan fingerprint density at radius 2 is 2.05 bits per heavy atom. The van der Waals surface area contributed by atoms with Crippen LogP contribution in [0.5, 0.6) is 0 Å². The summed E-state index contributed by atoms with van der Waals surface area (Å²) in [5.41, 5.74) is 3.89. The molecule has 0 aromatic heterocycles. The molecule has 2 aliphatic rings. The summed E-state index contributed by atoms with van der Waals surface area (Å²) in [5, 5.41) is 0.970. The molecule has 2 atom stereocenters. The minimum Gasteiger partial charge on any atom is -0.348 e. The molecule has 0 spiro atoms. The molecule has 3 rings (SSSR count). The van der Waals surface area contributed by atoms with Gasteiger partial charge in [0.25, 0.3) is 0 Å². The van der Waals surface area contributed by atoms with Crippen molar-refractivity contribution < 1.29 is 8.42 Å². The van der Waals surface area contributed by atoms with Gasteiger partial charge in [0.15, 0.2) is 15.0 Å². The summed E-state index contributed by atoms with van der Waals surface area (Å²) in [5.74, 6) is 1.32. The highest BCUT2D eigenvalue weighted by Crippen LogP contribution is 2.31. The largest absolute Gasteiger partial charge is 0.348 e. The first-order valence-corrected chi connectivity index (χ1v) is 9.86. The van der Waals surface area contributed by atoms with E-state index in [-0.39, 0.29) is 23.6 Å². The molecule has 6 heteroatoms. The first-order valence-electron chi connectivity index (χ1n) is 7.06. The average Bonchev–Trinajstić information content (AvgIpc) is 2.85. The lowest BCUT2D eigenvalue weighted by molar-refractivity contribution is 0.410. The fourth-order valence-corrected chi connectivity index (χ4v) is 5.80. The third kappa shape index (κ3) is 2.97. The van der Waals surface area contributed by atoms with Gasteiger partial charge in [-0.1, -0.05) is 30.0 Å². The van der Waals surface area contributed by atoms with Gasteiger partial charge in [-0.3, -0.25) is 4.99 Å². The minimum atomic E-state index is -2.90. The molecule has 1 fully saturated rings. The van der Waals surface area contributed by atoms with Crippen LogP contribution in [0.3, 0.4) is 0 Å². The molecule has 0 N–H and O–H groups in total. The number of thioether (sulfide) groups is 1. The van der Waals surface area contributed by atoms with Crippen molar-refractivity contribution in [3.63, 3.8) is 0 Å². The van der Waals surface area contributed by atoms with E-state index in [1.807, 2.05) is 11.9 Å². The first kappa shape index (κ1) is 14.9. The standard InChI is InChI=1S/C15H20N2O2S2/c1-10-4-5-12(6-11(10)2)7-20-15-16-13-8-21(18,19)9-14(13)17(15)3/h4-6,13-14H,7-9H2,1-3H3/t13-,14+/m1/s1. The monoisotopic (exact) mass is 324 g/mol. The van der Waals surface area contributed by atoms with E-state index in [0.29, 0.717) is 0 Å². The fourth-order valence-electron chi connectivity index (χ4n) is 2.86. The number of nitrogens with zero attached hydrogens (tertiary/aromatic N) is 2. The summed E-state index contributed by atoms with van der Waals surface area (Å²) in [6.07, 6.45) is 0. The number of hydrogen-bond acceptors (Lipinski definition) is 5. The van der Waals surface area contributed by atoms with Crippen molar-refractivity contribution in [1.82, 2.24) is 4.90 Å². The van der Waals surface area contributed by atoms with E-state index in [1.165, 1.54) is 16.7 Å². The van der Waals surface area contributed by atoms with Crippen LogP contribution in [0.4, 0.5) is 0 Å². The van der Waals surface area contributed by atoms with E-state index in [2.05, 4.69) is 37.0 Å². The topological polar surface area (TPSA) is 49.7 Å².